The van der Waals surface area contributed by atoms with Gasteiger partial charge < -0.3 is 10.0 Å². The van der Waals surface area contributed by atoms with Gasteiger partial charge in [-0.05, 0) is 61.4 Å². The van der Waals surface area contributed by atoms with Crippen molar-refractivity contribution in [1.82, 2.24) is 4.90 Å². The van der Waals surface area contributed by atoms with Crippen LogP contribution in [-0.2, 0) is 17.8 Å². The van der Waals surface area contributed by atoms with Gasteiger partial charge in [0.1, 0.15) is 11.4 Å². The molecule has 0 aliphatic carbocycles. The largest absolute Gasteiger partial charge is 0.380 e. The molecular weight excluding hydrogens is 353 g/mol. The van der Waals surface area contributed by atoms with Gasteiger partial charge in [-0.15, -0.1) is 0 Å². The summed E-state index contributed by atoms with van der Waals surface area (Å²) in [6.07, 6.45) is 2.79. The van der Waals surface area contributed by atoms with Gasteiger partial charge in [-0.3, -0.25) is 4.79 Å². The smallest absolute Gasteiger partial charge is 0.254 e. The van der Waals surface area contributed by atoms with E-state index in [2.05, 4.69) is 0 Å². The maximum atomic E-state index is 13.4. The van der Waals surface area contributed by atoms with Gasteiger partial charge in [-0.1, -0.05) is 41.9 Å². The van der Waals surface area contributed by atoms with Crippen molar-refractivity contribution in [2.24, 2.45) is 0 Å². The van der Waals surface area contributed by atoms with Crippen LogP contribution in [0.15, 0.2) is 48.5 Å². The molecule has 0 unspecified atom stereocenters. The molecule has 3 nitrogen and oxygen atoms in total. The van der Waals surface area contributed by atoms with Gasteiger partial charge in [0.25, 0.3) is 5.91 Å². The maximum Gasteiger partial charge on any atom is 0.254 e. The number of aliphatic hydroxyl groups is 1. The third kappa shape index (κ3) is 4.63. The van der Waals surface area contributed by atoms with Crippen LogP contribution in [0, 0.1) is 5.82 Å². The summed E-state index contributed by atoms with van der Waals surface area (Å²) in [5.74, 6) is -0.570. The van der Waals surface area contributed by atoms with Crippen LogP contribution in [0.3, 0.4) is 0 Å². The molecule has 26 heavy (non-hydrogen) atoms. The van der Waals surface area contributed by atoms with Crippen molar-refractivity contribution in [3.05, 3.63) is 70.5 Å². The van der Waals surface area contributed by atoms with E-state index in [0.29, 0.717) is 43.8 Å². The molecular formula is C21H23ClFNO2. The molecule has 1 N–H and O–H groups in total. The number of hydrogen-bond acceptors (Lipinski definition) is 2. The quantitative estimate of drug-likeness (QED) is 0.815. The molecule has 2 aromatic rings. The van der Waals surface area contributed by atoms with Crippen molar-refractivity contribution in [3.63, 3.8) is 0 Å². The lowest BCUT2D eigenvalue weighted by Crippen LogP contribution is -2.53. The molecule has 0 spiro atoms. The highest BCUT2D eigenvalue weighted by Gasteiger charge is 2.41. The van der Waals surface area contributed by atoms with Crippen molar-refractivity contribution in [2.75, 3.05) is 6.54 Å². The van der Waals surface area contributed by atoms with Crippen LogP contribution in [0.4, 0.5) is 4.39 Å². The molecule has 1 atom stereocenters. The Morgan fingerprint density at radius 1 is 1.15 bits per heavy atom. The highest BCUT2D eigenvalue weighted by Crippen LogP contribution is 2.29. The number of carbonyl (C=O) groups excluding carboxylic acids is 1. The molecule has 3 rings (SSSR count). The highest BCUT2D eigenvalue weighted by molar-refractivity contribution is 6.30. The standard InChI is InChI=1S/C21H23ClFNO2/c22-18-12-17(13-19(23)14-18)8-4-9-21(26)10-5-11-24(20(21)25)15-16-6-2-1-3-7-16/h1-3,6-7,12-14,26H,4-5,8-11,15H2/t21-/m1/s1. The molecule has 1 heterocycles. The van der Waals surface area contributed by atoms with Crippen molar-refractivity contribution < 1.29 is 14.3 Å². The molecule has 0 saturated carbocycles. The zero-order valence-corrected chi connectivity index (χ0v) is 15.4. The molecule has 0 bridgehead atoms. The first kappa shape index (κ1) is 18.9. The fourth-order valence-corrected chi connectivity index (χ4v) is 3.84. The molecule has 5 heteroatoms. The topological polar surface area (TPSA) is 40.5 Å². The lowest BCUT2D eigenvalue weighted by molar-refractivity contribution is -0.158. The highest BCUT2D eigenvalue weighted by atomic mass is 35.5. The predicted molar refractivity (Wildman–Crippen MR) is 100 cm³/mol. The number of amides is 1. The zero-order valence-electron chi connectivity index (χ0n) is 14.6. The summed E-state index contributed by atoms with van der Waals surface area (Å²) in [5.41, 5.74) is 0.506. The Morgan fingerprint density at radius 2 is 1.92 bits per heavy atom. The molecule has 1 fully saturated rings. The third-order valence-corrected chi connectivity index (χ3v) is 5.12. The molecule has 1 aliphatic heterocycles. The summed E-state index contributed by atoms with van der Waals surface area (Å²) >= 11 is 5.87. The fourth-order valence-electron chi connectivity index (χ4n) is 3.59. The second-order valence-electron chi connectivity index (χ2n) is 6.98. The summed E-state index contributed by atoms with van der Waals surface area (Å²) < 4.78 is 13.4. The molecule has 1 amide bonds. The van der Waals surface area contributed by atoms with Gasteiger partial charge in [0.2, 0.25) is 0 Å². The van der Waals surface area contributed by atoms with E-state index in [1.54, 1.807) is 11.0 Å². The molecule has 2 aromatic carbocycles. The van der Waals surface area contributed by atoms with Crippen molar-refractivity contribution in [2.45, 2.75) is 44.2 Å². The van der Waals surface area contributed by atoms with E-state index in [0.717, 1.165) is 17.5 Å². The van der Waals surface area contributed by atoms with Crippen molar-refractivity contribution >= 4 is 17.5 Å². The summed E-state index contributed by atoms with van der Waals surface area (Å²) in [6, 6.07) is 14.2. The van der Waals surface area contributed by atoms with Crippen LogP contribution in [0.2, 0.25) is 5.02 Å². The van der Waals surface area contributed by atoms with E-state index in [1.165, 1.54) is 12.1 Å². The van der Waals surface area contributed by atoms with Gasteiger partial charge in [0, 0.05) is 18.1 Å². The first-order valence-corrected chi connectivity index (χ1v) is 9.35. The normalized spacial score (nSPS) is 20.4. The monoisotopic (exact) mass is 375 g/mol. The van der Waals surface area contributed by atoms with E-state index in [-0.39, 0.29) is 11.7 Å². The van der Waals surface area contributed by atoms with E-state index in [1.807, 2.05) is 30.3 Å². The van der Waals surface area contributed by atoms with E-state index in [9.17, 15) is 14.3 Å². The van der Waals surface area contributed by atoms with Crippen LogP contribution in [-0.4, -0.2) is 28.1 Å². The Hall–Kier alpha value is -1.91. The van der Waals surface area contributed by atoms with Gasteiger partial charge in [0.05, 0.1) is 0 Å². The molecule has 1 aliphatic rings. The minimum absolute atomic E-state index is 0.204. The predicted octanol–water partition coefficient (Wildman–Crippen LogP) is 4.36. The number of halogens is 2. The zero-order chi connectivity index (χ0) is 18.6. The lowest BCUT2D eigenvalue weighted by atomic mass is 9.86. The average Bonchev–Trinajstić information content (AvgIpc) is 2.59. The number of benzene rings is 2. The number of piperidine rings is 1. The Bertz CT molecular complexity index is 748. The number of carbonyl (C=O) groups is 1. The first-order chi connectivity index (χ1) is 12.5. The van der Waals surface area contributed by atoms with Crippen molar-refractivity contribution in [3.8, 4) is 0 Å². The summed E-state index contributed by atoms with van der Waals surface area (Å²) in [7, 11) is 0. The average molecular weight is 376 g/mol. The second kappa shape index (κ2) is 8.19. The molecule has 1 saturated heterocycles. The summed E-state index contributed by atoms with van der Waals surface area (Å²) in [4.78, 5) is 14.5. The Morgan fingerprint density at radius 3 is 2.65 bits per heavy atom. The second-order valence-corrected chi connectivity index (χ2v) is 7.42. The lowest BCUT2D eigenvalue weighted by Gasteiger charge is -2.38. The Labute approximate surface area is 158 Å². The molecule has 138 valence electrons. The fraction of sp³-hybridized carbons (Fsp3) is 0.381. The van der Waals surface area contributed by atoms with Gasteiger partial charge in [0.15, 0.2) is 0 Å². The summed E-state index contributed by atoms with van der Waals surface area (Å²) in [5, 5.41) is 11.2. The SMILES string of the molecule is O=C1N(Cc2ccccc2)CCC[C@]1(O)CCCc1cc(F)cc(Cl)c1. The minimum Gasteiger partial charge on any atom is -0.380 e. The van der Waals surface area contributed by atoms with Crippen LogP contribution >= 0.6 is 11.6 Å². The third-order valence-electron chi connectivity index (χ3n) is 4.90. The Kier molecular flexibility index (Phi) is 5.94. The van der Waals surface area contributed by atoms with Gasteiger partial charge in [-0.2, -0.15) is 0 Å². The number of hydrogen-bond donors (Lipinski definition) is 1. The van der Waals surface area contributed by atoms with Crippen LogP contribution in [0.5, 0.6) is 0 Å². The number of likely N-dealkylation sites (tertiary alicyclic amines) is 1. The Balaban J connectivity index is 1.60. The minimum atomic E-state index is -1.33. The van der Waals surface area contributed by atoms with Crippen molar-refractivity contribution in [1.29, 1.82) is 0 Å². The van der Waals surface area contributed by atoms with Gasteiger partial charge in [-0.25, -0.2) is 4.39 Å². The molecule has 0 radical (unpaired) electrons. The van der Waals surface area contributed by atoms with Gasteiger partial charge >= 0.3 is 0 Å². The van der Waals surface area contributed by atoms with Crippen LogP contribution in [0.25, 0.3) is 0 Å². The number of rotatable bonds is 6. The number of nitrogens with zero attached hydrogens (tertiary/aromatic N) is 1. The number of aryl methyl sites for hydroxylation is 1. The van der Waals surface area contributed by atoms with E-state index < -0.39 is 5.60 Å². The molecule has 0 aromatic heterocycles. The van der Waals surface area contributed by atoms with E-state index >= 15 is 0 Å². The summed E-state index contributed by atoms with van der Waals surface area (Å²) in [6.45, 7) is 1.18. The van der Waals surface area contributed by atoms with E-state index in [4.69, 9.17) is 11.6 Å². The maximum absolute atomic E-state index is 13.4. The van der Waals surface area contributed by atoms with Crippen LogP contribution in [0.1, 0.15) is 36.8 Å². The first-order valence-electron chi connectivity index (χ1n) is 8.97. The van der Waals surface area contributed by atoms with Crippen LogP contribution < -0.4 is 0 Å².